The minimum atomic E-state index is -4.07. The van der Waals surface area contributed by atoms with Gasteiger partial charge in [0, 0.05) is 0 Å². The zero-order valence-electron chi connectivity index (χ0n) is 22.2. The fourth-order valence-electron chi connectivity index (χ4n) is 4.40. The first-order chi connectivity index (χ1) is 17.6. The van der Waals surface area contributed by atoms with Crippen LogP contribution in [-0.4, -0.2) is 66.0 Å². The number of benzene rings is 2. The highest BCUT2D eigenvalue weighted by Crippen LogP contribution is 2.39. The van der Waals surface area contributed by atoms with E-state index in [0.717, 1.165) is 11.1 Å². The fraction of sp³-hybridized carbons (Fsp3) is 0.538. The van der Waals surface area contributed by atoms with E-state index < -0.39 is 56.2 Å². The van der Waals surface area contributed by atoms with Crippen molar-refractivity contribution in [2.24, 2.45) is 0 Å². The summed E-state index contributed by atoms with van der Waals surface area (Å²) in [6, 6.07) is 12.6. The Morgan fingerprint density at radius 3 is 1.24 bits per heavy atom. The van der Waals surface area contributed by atoms with E-state index in [2.05, 4.69) is 0 Å². The highest BCUT2D eigenvalue weighted by Gasteiger charge is 2.54. The zero-order valence-corrected chi connectivity index (χ0v) is 23.9. The van der Waals surface area contributed by atoms with Gasteiger partial charge in [-0.05, 0) is 65.8 Å². The maximum Gasteiger partial charge on any atom is 0.297 e. The molecule has 0 aromatic heterocycles. The Labute approximate surface area is 224 Å². The first kappa shape index (κ1) is 29.1. The van der Waals surface area contributed by atoms with Crippen molar-refractivity contribution in [3.63, 3.8) is 0 Å². The van der Waals surface area contributed by atoms with Crippen LogP contribution in [0.15, 0.2) is 58.3 Å². The Bertz CT molecular complexity index is 1230. The largest absolute Gasteiger partial charge is 0.342 e. The normalized spacial score (nSPS) is 27.0. The topological polar surface area (TPSA) is 124 Å². The summed E-state index contributed by atoms with van der Waals surface area (Å²) in [5.74, 6) is -2.35. The number of ether oxygens (including phenoxy) is 4. The highest BCUT2D eigenvalue weighted by atomic mass is 32.2. The molecule has 0 radical (unpaired) electrons. The minimum absolute atomic E-state index is 0.0202. The van der Waals surface area contributed by atoms with E-state index in [4.69, 9.17) is 27.3 Å². The summed E-state index contributed by atoms with van der Waals surface area (Å²) in [6.45, 7) is 9.63. The molecule has 10 nitrogen and oxygen atoms in total. The molecule has 2 fully saturated rings. The molecule has 4 rings (SSSR count). The van der Waals surface area contributed by atoms with Crippen LogP contribution in [0.25, 0.3) is 0 Å². The van der Waals surface area contributed by atoms with Crippen molar-refractivity contribution in [1.29, 1.82) is 0 Å². The van der Waals surface area contributed by atoms with Crippen molar-refractivity contribution < 1.29 is 44.1 Å². The van der Waals surface area contributed by atoms with Crippen LogP contribution in [0.2, 0.25) is 0 Å². The third-order valence-electron chi connectivity index (χ3n) is 6.16. The Hall–Kier alpha value is -1.90. The van der Waals surface area contributed by atoms with Gasteiger partial charge >= 0.3 is 0 Å². The van der Waals surface area contributed by atoms with Crippen molar-refractivity contribution in [2.75, 3.05) is 13.2 Å². The van der Waals surface area contributed by atoms with Crippen LogP contribution < -0.4 is 0 Å². The van der Waals surface area contributed by atoms with Crippen molar-refractivity contribution in [3.8, 4) is 0 Å². The van der Waals surface area contributed by atoms with Crippen LogP contribution in [-0.2, 0) is 47.5 Å². The van der Waals surface area contributed by atoms with Crippen molar-refractivity contribution in [3.05, 3.63) is 59.7 Å². The predicted molar refractivity (Wildman–Crippen MR) is 136 cm³/mol. The van der Waals surface area contributed by atoms with Crippen LogP contribution in [0, 0.1) is 13.8 Å². The third-order valence-corrected chi connectivity index (χ3v) is 8.75. The molecule has 0 aliphatic carbocycles. The molecule has 2 heterocycles. The molecule has 0 N–H and O–H groups in total. The van der Waals surface area contributed by atoms with Gasteiger partial charge in [-0.3, -0.25) is 8.37 Å². The number of rotatable bonds is 8. The number of hydrogen-bond donors (Lipinski definition) is 0. The quantitative estimate of drug-likeness (QED) is 0.436. The Morgan fingerprint density at radius 2 is 0.921 bits per heavy atom. The SMILES string of the molecule is Cc1ccc(S(=O)(=O)OC[C@@H]2OC(C)(C)O[C@@H]3[C@@H]2OC(C)(C)O[C@@H]3COS(=O)(=O)c2ccc(C)cc2)cc1. The van der Waals surface area contributed by atoms with Crippen LogP contribution in [0.4, 0.5) is 0 Å². The van der Waals surface area contributed by atoms with Crippen LogP contribution in [0.1, 0.15) is 38.8 Å². The number of fused-ring (bicyclic) bond motifs is 1. The summed E-state index contributed by atoms with van der Waals surface area (Å²) >= 11 is 0. The molecule has 2 aliphatic rings. The van der Waals surface area contributed by atoms with Crippen molar-refractivity contribution >= 4 is 20.2 Å². The maximum absolute atomic E-state index is 12.8. The van der Waals surface area contributed by atoms with Crippen LogP contribution in [0.5, 0.6) is 0 Å². The Morgan fingerprint density at radius 1 is 0.605 bits per heavy atom. The number of aryl methyl sites for hydroxylation is 2. The van der Waals surface area contributed by atoms with E-state index in [-0.39, 0.29) is 23.0 Å². The van der Waals surface area contributed by atoms with Gasteiger partial charge in [0.05, 0.1) is 23.0 Å². The second-order valence-electron chi connectivity index (χ2n) is 10.4. The van der Waals surface area contributed by atoms with E-state index in [0.29, 0.717) is 0 Å². The summed E-state index contributed by atoms with van der Waals surface area (Å²) < 4.78 is 86.1. The second kappa shape index (κ2) is 10.6. The van der Waals surface area contributed by atoms with Gasteiger partial charge in [-0.1, -0.05) is 35.4 Å². The molecule has 2 saturated heterocycles. The minimum Gasteiger partial charge on any atom is -0.342 e. The fourth-order valence-corrected chi connectivity index (χ4v) is 6.24. The Kier molecular flexibility index (Phi) is 8.10. The lowest BCUT2D eigenvalue weighted by atomic mass is 9.98. The monoisotopic (exact) mass is 570 g/mol. The van der Waals surface area contributed by atoms with E-state index in [1.807, 2.05) is 13.8 Å². The van der Waals surface area contributed by atoms with Gasteiger partial charge in [-0.15, -0.1) is 0 Å². The smallest absolute Gasteiger partial charge is 0.297 e. The third kappa shape index (κ3) is 6.80. The van der Waals surface area contributed by atoms with Crippen molar-refractivity contribution in [2.45, 2.75) is 87.3 Å². The molecule has 210 valence electrons. The molecule has 0 saturated carbocycles. The molecule has 0 amide bonds. The van der Waals surface area contributed by atoms with E-state index in [1.54, 1.807) is 52.0 Å². The lowest BCUT2D eigenvalue weighted by Gasteiger charge is -2.53. The Balaban J connectivity index is 1.53. The molecule has 0 bridgehead atoms. The second-order valence-corrected chi connectivity index (χ2v) is 13.6. The van der Waals surface area contributed by atoms with Crippen molar-refractivity contribution in [1.82, 2.24) is 0 Å². The summed E-state index contributed by atoms with van der Waals surface area (Å²) in [7, 11) is -8.14. The lowest BCUT2D eigenvalue weighted by Crippen LogP contribution is -2.67. The average molecular weight is 571 g/mol. The maximum atomic E-state index is 12.8. The molecular formula is C26H34O10S2. The van der Waals surface area contributed by atoms with Gasteiger partial charge in [0.25, 0.3) is 20.2 Å². The van der Waals surface area contributed by atoms with Crippen LogP contribution >= 0.6 is 0 Å². The number of hydrogen-bond acceptors (Lipinski definition) is 10. The van der Waals surface area contributed by atoms with Gasteiger partial charge in [-0.25, -0.2) is 0 Å². The molecule has 2 aromatic rings. The summed E-state index contributed by atoms with van der Waals surface area (Å²) in [5.41, 5.74) is 1.83. The van der Waals surface area contributed by atoms with Gasteiger partial charge in [0.2, 0.25) is 0 Å². The predicted octanol–water partition coefficient (Wildman–Crippen LogP) is 3.45. The standard InChI is InChI=1S/C26H34O10S2/c1-17-7-11-19(12-8-17)37(27,28)31-15-21-23-24(36-25(3,4)33-21)22(34-26(5,6)35-23)16-32-38(29,30)20-13-9-18(2)10-14-20/h7-14,21-24H,15-16H2,1-6H3/t21-,22+,23+,24-. The first-order valence-electron chi connectivity index (χ1n) is 12.2. The van der Waals surface area contributed by atoms with Gasteiger partial charge in [0.15, 0.2) is 11.6 Å². The molecule has 38 heavy (non-hydrogen) atoms. The van der Waals surface area contributed by atoms with Gasteiger partial charge in [-0.2, -0.15) is 16.8 Å². The lowest BCUT2D eigenvalue weighted by molar-refractivity contribution is -0.425. The molecule has 0 unspecified atom stereocenters. The first-order valence-corrected chi connectivity index (χ1v) is 15.0. The van der Waals surface area contributed by atoms with E-state index in [1.165, 1.54) is 24.3 Å². The summed E-state index contributed by atoms with van der Waals surface area (Å²) in [5, 5.41) is 0. The van der Waals surface area contributed by atoms with E-state index >= 15 is 0 Å². The molecule has 4 atom stereocenters. The molecule has 2 aromatic carbocycles. The van der Waals surface area contributed by atoms with Gasteiger partial charge < -0.3 is 18.9 Å². The van der Waals surface area contributed by atoms with E-state index in [9.17, 15) is 16.8 Å². The average Bonchev–Trinajstić information content (AvgIpc) is 2.81. The summed E-state index contributed by atoms with van der Waals surface area (Å²) in [4.78, 5) is 0.0403. The van der Waals surface area contributed by atoms with Gasteiger partial charge in [0.1, 0.15) is 24.4 Å². The zero-order chi connectivity index (χ0) is 27.9. The van der Waals surface area contributed by atoms with Crippen LogP contribution in [0.3, 0.4) is 0 Å². The highest BCUT2D eigenvalue weighted by molar-refractivity contribution is 7.87. The summed E-state index contributed by atoms with van der Waals surface area (Å²) in [6.07, 6.45) is -3.42. The molecule has 2 aliphatic heterocycles. The molecule has 12 heteroatoms. The molecular weight excluding hydrogens is 536 g/mol. The molecule has 0 spiro atoms.